The maximum absolute atomic E-state index is 12.7. The molecule has 0 radical (unpaired) electrons. The van der Waals surface area contributed by atoms with E-state index in [1.54, 1.807) is 25.1 Å². The number of hydrogen-bond donors (Lipinski definition) is 1. The van der Waals surface area contributed by atoms with Gasteiger partial charge in [-0.15, -0.1) is 0 Å². The lowest BCUT2D eigenvalue weighted by Gasteiger charge is -2.07. The maximum Gasteiger partial charge on any atom is 0.219 e. The fourth-order valence-electron chi connectivity index (χ4n) is 1.34. The highest BCUT2D eigenvalue weighted by Gasteiger charge is 2.04. The van der Waals surface area contributed by atoms with Crippen molar-refractivity contribution < 1.29 is 14.2 Å². The van der Waals surface area contributed by atoms with Crippen molar-refractivity contribution in [2.45, 2.75) is 13.0 Å². The summed E-state index contributed by atoms with van der Waals surface area (Å²) in [5.41, 5.74) is 0.532. The Morgan fingerprint density at radius 1 is 1.18 bits per heavy atom. The Morgan fingerprint density at radius 2 is 1.88 bits per heavy atom. The summed E-state index contributed by atoms with van der Waals surface area (Å²) >= 11 is 0. The largest absolute Gasteiger partial charge is 0.439 e. The highest BCUT2D eigenvalue weighted by Crippen LogP contribution is 2.21. The molecule has 0 aliphatic rings. The van der Waals surface area contributed by atoms with E-state index < -0.39 is 6.10 Å². The van der Waals surface area contributed by atoms with Crippen LogP contribution in [-0.2, 0) is 0 Å². The van der Waals surface area contributed by atoms with Crippen molar-refractivity contribution in [3.05, 3.63) is 54.0 Å². The highest BCUT2D eigenvalue weighted by molar-refractivity contribution is 5.28. The summed E-state index contributed by atoms with van der Waals surface area (Å²) < 4.78 is 18.1. The van der Waals surface area contributed by atoms with Crippen LogP contribution in [0.3, 0.4) is 0 Å². The van der Waals surface area contributed by atoms with E-state index in [-0.39, 0.29) is 5.82 Å². The lowest BCUT2D eigenvalue weighted by molar-refractivity contribution is 0.193. The summed E-state index contributed by atoms with van der Waals surface area (Å²) in [5, 5.41) is 9.38. The van der Waals surface area contributed by atoms with Gasteiger partial charge in [0.2, 0.25) is 5.88 Å². The number of rotatable bonds is 3. The van der Waals surface area contributed by atoms with Crippen molar-refractivity contribution in [1.82, 2.24) is 4.98 Å². The Balaban J connectivity index is 2.18. The average molecular weight is 233 g/mol. The molecule has 17 heavy (non-hydrogen) atoms. The van der Waals surface area contributed by atoms with Crippen LogP contribution in [0.5, 0.6) is 11.6 Å². The van der Waals surface area contributed by atoms with Gasteiger partial charge in [-0.2, -0.15) is 0 Å². The normalized spacial score (nSPS) is 12.2. The molecule has 1 aromatic heterocycles. The molecule has 0 spiro atoms. The van der Waals surface area contributed by atoms with E-state index in [1.165, 1.54) is 24.3 Å². The van der Waals surface area contributed by atoms with Crippen molar-refractivity contribution in [3.8, 4) is 11.6 Å². The van der Waals surface area contributed by atoms with Crippen LogP contribution in [-0.4, -0.2) is 10.1 Å². The fraction of sp³-hybridized carbons (Fsp3) is 0.154. The minimum absolute atomic E-state index is 0.317. The zero-order valence-electron chi connectivity index (χ0n) is 9.30. The van der Waals surface area contributed by atoms with Gasteiger partial charge in [0.1, 0.15) is 11.6 Å². The number of aromatic nitrogens is 1. The van der Waals surface area contributed by atoms with E-state index in [9.17, 15) is 9.50 Å². The number of pyridine rings is 1. The summed E-state index contributed by atoms with van der Waals surface area (Å²) in [6, 6.07) is 10.8. The molecule has 4 heteroatoms. The Hall–Kier alpha value is -1.94. The van der Waals surface area contributed by atoms with Gasteiger partial charge in [-0.3, -0.25) is 0 Å². The zero-order chi connectivity index (χ0) is 12.3. The Morgan fingerprint density at radius 3 is 2.53 bits per heavy atom. The van der Waals surface area contributed by atoms with Crippen LogP contribution in [0.2, 0.25) is 0 Å². The van der Waals surface area contributed by atoms with Gasteiger partial charge in [0.15, 0.2) is 0 Å². The van der Waals surface area contributed by atoms with Gasteiger partial charge >= 0.3 is 0 Å². The van der Waals surface area contributed by atoms with Crippen LogP contribution in [0.15, 0.2) is 42.5 Å². The lowest BCUT2D eigenvalue weighted by Crippen LogP contribution is -1.96. The Bertz CT molecular complexity index is 497. The van der Waals surface area contributed by atoms with Crippen LogP contribution < -0.4 is 4.74 Å². The quantitative estimate of drug-likeness (QED) is 0.885. The van der Waals surface area contributed by atoms with Crippen LogP contribution in [0.25, 0.3) is 0 Å². The van der Waals surface area contributed by atoms with Crippen molar-refractivity contribution >= 4 is 0 Å². The fourth-order valence-corrected chi connectivity index (χ4v) is 1.34. The summed E-state index contributed by atoms with van der Waals surface area (Å²) in [6.45, 7) is 1.63. The van der Waals surface area contributed by atoms with Crippen LogP contribution in [0, 0.1) is 5.82 Å². The number of nitrogens with zero attached hydrogens (tertiary/aromatic N) is 1. The molecule has 2 rings (SSSR count). The molecule has 1 unspecified atom stereocenters. The molecule has 0 aliphatic carbocycles. The molecule has 1 N–H and O–H groups in total. The third-order valence-corrected chi connectivity index (χ3v) is 2.21. The van der Waals surface area contributed by atoms with E-state index in [0.717, 1.165) is 0 Å². The Labute approximate surface area is 98.5 Å². The molecule has 1 aromatic carbocycles. The lowest BCUT2D eigenvalue weighted by atomic mass is 10.2. The first-order valence-electron chi connectivity index (χ1n) is 5.23. The number of aliphatic hydroxyl groups excluding tert-OH is 1. The minimum Gasteiger partial charge on any atom is -0.439 e. The molecule has 0 saturated heterocycles. The molecule has 88 valence electrons. The van der Waals surface area contributed by atoms with Gasteiger partial charge in [-0.1, -0.05) is 6.07 Å². The SMILES string of the molecule is CC(O)c1cccc(Oc2ccc(F)cc2)n1. The topological polar surface area (TPSA) is 42.4 Å². The monoisotopic (exact) mass is 233 g/mol. The first-order chi connectivity index (χ1) is 8.15. The zero-order valence-corrected chi connectivity index (χ0v) is 9.30. The van der Waals surface area contributed by atoms with Crippen molar-refractivity contribution in [3.63, 3.8) is 0 Å². The molecule has 0 bridgehead atoms. The summed E-state index contributed by atoms with van der Waals surface area (Å²) in [5.74, 6) is 0.555. The molecular weight excluding hydrogens is 221 g/mol. The second-order valence-corrected chi connectivity index (χ2v) is 3.63. The molecule has 3 nitrogen and oxygen atoms in total. The van der Waals surface area contributed by atoms with Crippen molar-refractivity contribution in [1.29, 1.82) is 0 Å². The van der Waals surface area contributed by atoms with Gasteiger partial charge in [0, 0.05) is 6.07 Å². The number of aliphatic hydroxyl groups is 1. The van der Waals surface area contributed by atoms with Gasteiger partial charge in [-0.05, 0) is 37.3 Å². The number of halogens is 1. The predicted octanol–water partition coefficient (Wildman–Crippen LogP) is 3.07. The molecular formula is C13H12FNO2. The third kappa shape index (κ3) is 3.01. The van der Waals surface area contributed by atoms with Crippen LogP contribution in [0.4, 0.5) is 4.39 Å². The van der Waals surface area contributed by atoms with E-state index in [0.29, 0.717) is 17.3 Å². The summed E-state index contributed by atoms with van der Waals surface area (Å²) in [4.78, 5) is 4.12. The second kappa shape index (κ2) is 4.93. The average Bonchev–Trinajstić information content (AvgIpc) is 2.32. The van der Waals surface area contributed by atoms with E-state index in [1.807, 2.05) is 0 Å². The maximum atomic E-state index is 12.7. The summed E-state index contributed by atoms with van der Waals surface area (Å²) in [7, 11) is 0. The van der Waals surface area contributed by atoms with Gasteiger partial charge in [0.25, 0.3) is 0 Å². The second-order valence-electron chi connectivity index (χ2n) is 3.63. The van der Waals surface area contributed by atoms with Crippen LogP contribution >= 0.6 is 0 Å². The van der Waals surface area contributed by atoms with E-state index in [4.69, 9.17) is 4.74 Å². The van der Waals surface area contributed by atoms with Gasteiger partial charge < -0.3 is 9.84 Å². The molecule has 1 heterocycles. The first kappa shape index (κ1) is 11.5. The smallest absolute Gasteiger partial charge is 0.219 e. The molecule has 1 atom stereocenters. The number of ether oxygens (including phenoxy) is 1. The van der Waals surface area contributed by atoms with Gasteiger partial charge in [-0.25, -0.2) is 9.37 Å². The molecule has 0 saturated carbocycles. The van der Waals surface area contributed by atoms with E-state index >= 15 is 0 Å². The summed E-state index contributed by atoms with van der Waals surface area (Å²) in [6.07, 6.45) is -0.647. The van der Waals surface area contributed by atoms with Crippen molar-refractivity contribution in [2.24, 2.45) is 0 Å². The standard InChI is InChI=1S/C13H12FNO2/c1-9(16)12-3-2-4-13(15-12)17-11-7-5-10(14)6-8-11/h2-9,16H,1H3. The minimum atomic E-state index is -0.647. The van der Waals surface area contributed by atoms with E-state index in [2.05, 4.69) is 4.98 Å². The van der Waals surface area contributed by atoms with Crippen molar-refractivity contribution in [2.75, 3.05) is 0 Å². The molecule has 0 amide bonds. The Kier molecular flexibility index (Phi) is 3.35. The molecule has 0 fully saturated rings. The molecule has 2 aromatic rings. The van der Waals surface area contributed by atoms with Gasteiger partial charge in [0.05, 0.1) is 11.8 Å². The first-order valence-corrected chi connectivity index (χ1v) is 5.23. The third-order valence-electron chi connectivity index (χ3n) is 2.21. The highest BCUT2D eigenvalue weighted by atomic mass is 19.1. The van der Waals surface area contributed by atoms with Crippen LogP contribution in [0.1, 0.15) is 18.7 Å². The number of hydrogen-bond acceptors (Lipinski definition) is 3. The number of benzene rings is 1. The predicted molar refractivity (Wildman–Crippen MR) is 61.3 cm³/mol. The molecule has 0 aliphatic heterocycles.